The second kappa shape index (κ2) is 12.2. The second-order valence-corrected chi connectivity index (χ2v) is 14.5. The summed E-state index contributed by atoms with van der Waals surface area (Å²) in [6.07, 6.45) is 0.843. The molecule has 0 saturated carbocycles. The predicted molar refractivity (Wildman–Crippen MR) is 175 cm³/mol. The highest BCUT2D eigenvalue weighted by Crippen LogP contribution is 2.32. The van der Waals surface area contributed by atoms with Gasteiger partial charge in [0.2, 0.25) is 19.7 Å². The summed E-state index contributed by atoms with van der Waals surface area (Å²) in [4.78, 5) is 0.905. The highest BCUT2D eigenvalue weighted by atomic mass is 32.2. The van der Waals surface area contributed by atoms with E-state index in [9.17, 15) is 16.8 Å². The first-order valence-corrected chi connectivity index (χ1v) is 17.3. The number of fused-ring (bicyclic) bond motifs is 1. The first-order chi connectivity index (χ1) is 21.6. The van der Waals surface area contributed by atoms with Gasteiger partial charge in [0.05, 0.1) is 19.6 Å². The lowest BCUT2D eigenvalue weighted by molar-refractivity contribution is 0.481. The van der Waals surface area contributed by atoms with Gasteiger partial charge in [-0.15, -0.1) is 0 Å². The first kappa shape index (κ1) is 30.1. The van der Waals surface area contributed by atoms with Gasteiger partial charge in [-0.3, -0.25) is 0 Å². The highest BCUT2D eigenvalue weighted by molar-refractivity contribution is 7.91. The summed E-state index contributed by atoms with van der Waals surface area (Å²) in [6.45, 7) is 3.94. The maximum atomic E-state index is 13.0. The number of hydrogen-bond acceptors (Lipinski definition) is 6. The van der Waals surface area contributed by atoms with E-state index in [4.69, 9.17) is 9.47 Å². The van der Waals surface area contributed by atoms with Gasteiger partial charge < -0.3 is 9.47 Å². The van der Waals surface area contributed by atoms with Crippen molar-refractivity contribution in [3.8, 4) is 23.0 Å². The van der Waals surface area contributed by atoms with Crippen molar-refractivity contribution in [1.82, 2.24) is 0 Å². The van der Waals surface area contributed by atoms with E-state index in [2.05, 4.69) is 0 Å². The molecule has 0 N–H and O–H groups in total. The summed E-state index contributed by atoms with van der Waals surface area (Å²) in [6, 6.07) is 37.7. The number of aryl methyl sites for hydroxylation is 2. The monoisotopic (exact) mass is 634 g/mol. The molecule has 6 aromatic carbocycles. The van der Waals surface area contributed by atoms with Crippen LogP contribution in [0.25, 0.3) is 10.8 Å². The van der Waals surface area contributed by atoms with Crippen molar-refractivity contribution in [2.45, 2.75) is 39.9 Å². The van der Waals surface area contributed by atoms with Gasteiger partial charge in [-0.2, -0.15) is 0 Å². The van der Waals surface area contributed by atoms with E-state index < -0.39 is 19.7 Å². The second-order valence-electron chi connectivity index (χ2n) is 10.6. The van der Waals surface area contributed by atoms with Crippen LogP contribution in [0.5, 0.6) is 23.0 Å². The molecule has 226 valence electrons. The average molecular weight is 635 g/mol. The number of hydrogen-bond donors (Lipinski definition) is 0. The van der Waals surface area contributed by atoms with Crippen molar-refractivity contribution in [2.24, 2.45) is 0 Å². The van der Waals surface area contributed by atoms with Crippen LogP contribution in [0.4, 0.5) is 0 Å². The van der Waals surface area contributed by atoms with E-state index in [1.165, 1.54) is 0 Å². The summed E-state index contributed by atoms with van der Waals surface area (Å²) in [5.41, 5.74) is 2.07. The Morgan fingerprint density at radius 1 is 0.444 bits per heavy atom. The molecule has 0 radical (unpaired) electrons. The summed E-state index contributed by atoms with van der Waals surface area (Å²) in [7, 11) is -7.24. The van der Waals surface area contributed by atoms with E-state index in [1.54, 1.807) is 84.9 Å². The van der Waals surface area contributed by atoms with Crippen LogP contribution in [0.15, 0.2) is 153 Å². The van der Waals surface area contributed by atoms with Crippen LogP contribution < -0.4 is 9.47 Å². The van der Waals surface area contributed by atoms with Gasteiger partial charge in [-0.25, -0.2) is 16.8 Å². The van der Waals surface area contributed by atoms with Crippen molar-refractivity contribution in [3.05, 3.63) is 145 Å². The van der Waals surface area contributed by atoms with Crippen LogP contribution in [0.3, 0.4) is 0 Å². The molecule has 6 rings (SSSR count). The molecule has 0 fully saturated rings. The Hall–Kier alpha value is -4.92. The molecule has 0 aliphatic heterocycles. The number of benzene rings is 6. The van der Waals surface area contributed by atoms with Crippen LogP contribution in [0, 0.1) is 6.92 Å². The standard InChI is InChI=1S/C37H30O6S2/c1-3-27-6-18-35(19-7-27)45(40,41)37-22-14-31(15-23-37)43-33-11-9-28-24-32(10-8-29(28)25-33)42-30-12-20-36(21-13-30)44(38,39)34-16-4-26(2)5-17-34/h4-25H,3H2,1-2H3. The van der Waals surface area contributed by atoms with Crippen molar-refractivity contribution in [1.29, 1.82) is 0 Å². The lowest BCUT2D eigenvalue weighted by atomic mass is 10.1. The van der Waals surface area contributed by atoms with Crippen LogP contribution >= 0.6 is 0 Å². The summed E-state index contributed by atoms with van der Waals surface area (Å²) in [5, 5.41) is 1.85. The number of ether oxygens (including phenoxy) is 2. The summed E-state index contributed by atoms with van der Waals surface area (Å²) >= 11 is 0. The molecule has 45 heavy (non-hydrogen) atoms. The van der Waals surface area contributed by atoms with Crippen molar-refractivity contribution < 1.29 is 26.3 Å². The lowest BCUT2D eigenvalue weighted by Gasteiger charge is -2.11. The maximum Gasteiger partial charge on any atom is 0.206 e. The third-order valence-corrected chi connectivity index (χ3v) is 11.1. The normalized spacial score (nSPS) is 11.8. The minimum absolute atomic E-state index is 0.197. The molecular formula is C37H30O6S2. The topological polar surface area (TPSA) is 86.7 Å². The molecule has 0 aliphatic carbocycles. The number of rotatable bonds is 9. The summed E-state index contributed by atoms with van der Waals surface area (Å²) < 4.78 is 64.0. The molecule has 6 nitrogen and oxygen atoms in total. The fourth-order valence-corrected chi connectivity index (χ4v) is 7.39. The minimum Gasteiger partial charge on any atom is -0.457 e. The van der Waals surface area contributed by atoms with E-state index in [1.807, 2.05) is 62.4 Å². The number of sulfone groups is 2. The smallest absolute Gasteiger partial charge is 0.206 e. The van der Waals surface area contributed by atoms with E-state index in [0.29, 0.717) is 23.0 Å². The van der Waals surface area contributed by atoms with Crippen LogP contribution in [-0.4, -0.2) is 16.8 Å². The molecule has 8 heteroatoms. The first-order valence-electron chi connectivity index (χ1n) is 14.4. The SMILES string of the molecule is CCc1ccc(S(=O)(=O)c2ccc(Oc3ccc4cc(Oc5ccc(S(=O)(=O)c6ccc(C)cc6)cc5)ccc4c3)cc2)cc1. The molecule has 0 aliphatic rings. The van der Waals surface area contributed by atoms with Gasteiger partial charge in [0.15, 0.2) is 0 Å². The quantitative estimate of drug-likeness (QED) is 0.158. The zero-order chi connectivity index (χ0) is 31.6. The maximum absolute atomic E-state index is 13.0. The van der Waals surface area contributed by atoms with E-state index in [0.717, 1.165) is 28.3 Å². The molecule has 0 bridgehead atoms. The Morgan fingerprint density at radius 3 is 1.16 bits per heavy atom. The zero-order valence-corrected chi connectivity index (χ0v) is 26.3. The van der Waals surface area contributed by atoms with Crippen LogP contribution in [-0.2, 0) is 26.1 Å². The molecule has 0 atom stereocenters. The Balaban J connectivity index is 1.13. The molecule has 0 heterocycles. The van der Waals surface area contributed by atoms with E-state index in [-0.39, 0.29) is 19.6 Å². The van der Waals surface area contributed by atoms with Crippen molar-refractivity contribution >= 4 is 30.4 Å². The Kier molecular flexibility index (Phi) is 8.18. The molecule has 0 amide bonds. The van der Waals surface area contributed by atoms with Crippen LogP contribution in [0.2, 0.25) is 0 Å². The fourth-order valence-electron chi connectivity index (χ4n) is 4.87. The zero-order valence-electron chi connectivity index (χ0n) is 24.7. The van der Waals surface area contributed by atoms with Gasteiger partial charge >= 0.3 is 0 Å². The Labute approximate surface area is 263 Å². The fraction of sp³-hybridized carbons (Fsp3) is 0.0811. The molecule has 0 unspecified atom stereocenters. The van der Waals surface area contributed by atoms with Gasteiger partial charge in [0.25, 0.3) is 0 Å². The largest absolute Gasteiger partial charge is 0.457 e. The summed E-state index contributed by atoms with van der Waals surface area (Å²) in [5.74, 6) is 2.24. The van der Waals surface area contributed by atoms with Crippen molar-refractivity contribution in [3.63, 3.8) is 0 Å². The van der Waals surface area contributed by atoms with Gasteiger partial charge in [0.1, 0.15) is 23.0 Å². The molecule has 0 saturated heterocycles. The van der Waals surface area contributed by atoms with Gasteiger partial charge in [-0.1, -0.05) is 48.9 Å². The lowest BCUT2D eigenvalue weighted by Crippen LogP contribution is -2.02. The molecule has 0 spiro atoms. The van der Waals surface area contributed by atoms with Crippen LogP contribution in [0.1, 0.15) is 18.1 Å². The molecular weight excluding hydrogens is 605 g/mol. The van der Waals surface area contributed by atoms with Gasteiger partial charge in [-0.05, 0) is 127 Å². The minimum atomic E-state index is -3.63. The van der Waals surface area contributed by atoms with Gasteiger partial charge in [0, 0.05) is 0 Å². The van der Waals surface area contributed by atoms with Crippen molar-refractivity contribution in [2.75, 3.05) is 0 Å². The Morgan fingerprint density at radius 2 is 0.778 bits per heavy atom. The highest BCUT2D eigenvalue weighted by Gasteiger charge is 2.19. The third kappa shape index (κ3) is 6.48. The predicted octanol–water partition coefficient (Wildman–Crippen LogP) is 8.96. The molecule has 0 aromatic heterocycles. The third-order valence-electron chi connectivity index (χ3n) is 7.50. The Bertz CT molecular complexity index is 2190. The molecule has 6 aromatic rings. The average Bonchev–Trinajstić information content (AvgIpc) is 3.05. The van der Waals surface area contributed by atoms with E-state index >= 15 is 0 Å².